The Labute approximate surface area is 201 Å². The van der Waals surface area contributed by atoms with Crippen molar-refractivity contribution in [1.29, 1.82) is 0 Å². The highest BCUT2D eigenvalue weighted by atomic mass is 32.2. The minimum atomic E-state index is -3.95. The topological polar surface area (TPSA) is 142 Å². The van der Waals surface area contributed by atoms with Gasteiger partial charge < -0.3 is 20.9 Å². The largest absolute Gasteiger partial charge is 0.482 e. The number of hydrogen-bond donors (Lipinski definition) is 2. The summed E-state index contributed by atoms with van der Waals surface area (Å²) in [6.07, 6.45) is 0.118. The van der Waals surface area contributed by atoms with Gasteiger partial charge in [-0.2, -0.15) is 0 Å². The number of ether oxygens (including phenoxy) is 2. The summed E-state index contributed by atoms with van der Waals surface area (Å²) < 4.78 is 37.1. The minimum absolute atomic E-state index is 0.0177. The van der Waals surface area contributed by atoms with Crippen LogP contribution in [0.3, 0.4) is 0 Å². The number of rotatable bonds is 11. The van der Waals surface area contributed by atoms with E-state index in [-0.39, 0.29) is 31.9 Å². The van der Waals surface area contributed by atoms with Crippen LogP contribution in [0.1, 0.15) is 31.9 Å². The summed E-state index contributed by atoms with van der Waals surface area (Å²) in [5.41, 5.74) is 12.3. The number of hydrogen-bond acceptors (Lipinski definition) is 8. The molecule has 0 aliphatic rings. The average molecular weight is 492 g/mol. The second kappa shape index (κ2) is 12.0. The summed E-state index contributed by atoms with van der Waals surface area (Å²) >= 11 is 0. The van der Waals surface area contributed by atoms with Crippen molar-refractivity contribution in [3.8, 4) is 5.75 Å². The predicted octanol–water partition coefficient (Wildman–Crippen LogP) is 1.59. The van der Waals surface area contributed by atoms with Gasteiger partial charge in [-0.25, -0.2) is 17.5 Å². The molecule has 0 saturated heterocycles. The van der Waals surface area contributed by atoms with Crippen LogP contribution in [-0.2, 0) is 36.5 Å². The fourth-order valence-electron chi connectivity index (χ4n) is 3.13. The first-order chi connectivity index (χ1) is 15.9. The van der Waals surface area contributed by atoms with Crippen LogP contribution < -0.4 is 16.2 Å². The Kier molecular flexibility index (Phi) is 9.60. The standard InChI is InChI=1S/C24H33N3O6S/c1-24(2,3)33-22(28)16-32-20-11-9-18(10-12-20)15-21(26)23(29)27(14-13-25)34(30,31)17-19-7-5-4-6-8-19/h4-12,21H,13-17,25-26H2,1-3H3/t21-/m0/s1. The third-order valence-electron chi connectivity index (χ3n) is 4.58. The van der Waals surface area contributed by atoms with Gasteiger partial charge in [-0.05, 0) is 50.5 Å². The second-order valence-electron chi connectivity index (χ2n) is 8.77. The molecule has 0 bridgehead atoms. The lowest BCUT2D eigenvalue weighted by Gasteiger charge is -2.25. The molecule has 4 N–H and O–H groups in total. The average Bonchev–Trinajstić information content (AvgIpc) is 2.75. The number of nitrogens with zero attached hydrogens (tertiary/aromatic N) is 1. The van der Waals surface area contributed by atoms with Crippen molar-refractivity contribution in [1.82, 2.24) is 4.31 Å². The maximum absolute atomic E-state index is 12.9. The number of nitrogens with two attached hydrogens (primary N) is 2. The molecule has 0 aliphatic heterocycles. The van der Waals surface area contributed by atoms with Gasteiger partial charge in [0.1, 0.15) is 11.4 Å². The minimum Gasteiger partial charge on any atom is -0.482 e. The number of esters is 1. The van der Waals surface area contributed by atoms with Gasteiger partial charge >= 0.3 is 5.97 Å². The summed E-state index contributed by atoms with van der Waals surface area (Å²) in [7, 11) is -3.95. The summed E-state index contributed by atoms with van der Waals surface area (Å²) in [5.74, 6) is -1.08. The van der Waals surface area contributed by atoms with Gasteiger partial charge in [0.05, 0.1) is 11.8 Å². The van der Waals surface area contributed by atoms with E-state index >= 15 is 0 Å². The molecule has 0 unspecified atom stereocenters. The summed E-state index contributed by atoms with van der Waals surface area (Å²) in [5, 5.41) is 0. The monoisotopic (exact) mass is 491 g/mol. The van der Waals surface area contributed by atoms with Crippen LogP contribution in [-0.4, -0.2) is 55.9 Å². The zero-order valence-electron chi connectivity index (χ0n) is 19.8. The van der Waals surface area contributed by atoms with E-state index in [1.807, 2.05) is 0 Å². The molecule has 2 rings (SSSR count). The van der Waals surface area contributed by atoms with Crippen LogP contribution in [0.5, 0.6) is 5.75 Å². The molecular formula is C24H33N3O6S. The highest BCUT2D eigenvalue weighted by Gasteiger charge is 2.31. The maximum atomic E-state index is 12.9. The lowest BCUT2D eigenvalue weighted by molar-refractivity contribution is -0.157. The second-order valence-corrected chi connectivity index (χ2v) is 10.7. The molecule has 0 saturated carbocycles. The van der Waals surface area contributed by atoms with E-state index in [4.69, 9.17) is 20.9 Å². The summed E-state index contributed by atoms with van der Waals surface area (Å²) in [6, 6.07) is 14.2. The number of carbonyl (C=O) groups is 2. The SMILES string of the molecule is CC(C)(C)OC(=O)COc1ccc(C[C@H](N)C(=O)N(CCN)S(=O)(=O)Cc2ccccc2)cc1. The molecule has 2 aromatic rings. The molecule has 0 heterocycles. The van der Waals surface area contributed by atoms with Crippen LogP contribution in [0, 0.1) is 0 Å². The molecule has 9 nitrogen and oxygen atoms in total. The van der Waals surface area contributed by atoms with E-state index in [2.05, 4.69) is 0 Å². The Balaban J connectivity index is 2.00. The number of amides is 1. The van der Waals surface area contributed by atoms with Gasteiger partial charge in [-0.3, -0.25) is 4.79 Å². The number of sulfonamides is 1. The Bertz CT molecular complexity index is 1050. The maximum Gasteiger partial charge on any atom is 0.344 e. The third-order valence-corrected chi connectivity index (χ3v) is 6.31. The highest BCUT2D eigenvalue weighted by Crippen LogP contribution is 2.16. The molecule has 0 aliphatic carbocycles. The van der Waals surface area contributed by atoms with Gasteiger partial charge in [0, 0.05) is 13.1 Å². The molecule has 34 heavy (non-hydrogen) atoms. The highest BCUT2D eigenvalue weighted by molar-refractivity contribution is 7.88. The molecule has 1 amide bonds. The first kappa shape index (κ1) is 27.3. The van der Waals surface area contributed by atoms with E-state index in [0.29, 0.717) is 16.9 Å². The molecule has 0 aromatic heterocycles. The number of benzene rings is 2. The Morgan fingerprint density at radius 2 is 1.62 bits per heavy atom. The smallest absolute Gasteiger partial charge is 0.344 e. The molecule has 0 fully saturated rings. The van der Waals surface area contributed by atoms with Gasteiger partial charge in [0.15, 0.2) is 6.61 Å². The van der Waals surface area contributed by atoms with E-state index < -0.39 is 33.5 Å². The van der Waals surface area contributed by atoms with Crippen molar-refractivity contribution in [3.05, 3.63) is 65.7 Å². The molecule has 10 heteroatoms. The van der Waals surface area contributed by atoms with Crippen LogP contribution in [0.4, 0.5) is 0 Å². The fraction of sp³-hybridized carbons (Fsp3) is 0.417. The molecular weight excluding hydrogens is 458 g/mol. The first-order valence-electron chi connectivity index (χ1n) is 10.9. The van der Waals surface area contributed by atoms with Crippen LogP contribution in [0.15, 0.2) is 54.6 Å². The van der Waals surface area contributed by atoms with Crippen molar-refractivity contribution in [2.45, 2.75) is 44.6 Å². The lowest BCUT2D eigenvalue weighted by Crippen LogP contribution is -2.49. The van der Waals surface area contributed by atoms with Gasteiger partial charge in [0.2, 0.25) is 10.0 Å². The van der Waals surface area contributed by atoms with Crippen molar-refractivity contribution in [3.63, 3.8) is 0 Å². The molecule has 186 valence electrons. The molecule has 2 aromatic carbocycles. The Hall–Kier alpha value is -2.95. The van der Waals surface area contributed by atoms with E-state index in [9.17, 15) is 18.0 Å². The lowest BCUT2D eigenvalue weighted by atomic mass is 10.1. The predicted molar refractivity (Wildman–Crippen MR) is 129 cm³/mol. The van der Waals surface area contributed by atoms with Crippen molar-refractivity contribution < 1.29 is 27.5 Å². The van der Waals surface area contributed by atoms with E-state index in [1.165, 1.54) is 0 Å². The van der Waals surface area contributed by atoms with Crippen molar-refractivity contribution in [2.24, 2.45) is 11.5 Å². The zero-order chi connectivity index (χ0) is 25.4. The van der Waals surface area contributed by atoms with Crippen LogP contribution in [0.25, 0.3) is 0 Å². The fourth-order valence-corrected chi connectivity index (χ4v) is 4.69. The van der Waals surface area contributed by atoms with Crippen molar-refractivity contribution >= 4 is 21.9 Å². The third kappa shape index (κ3) is 8.77. The van der Waals surface area contributed by atoms with E-state index in [0.717, 1.165) is 4.31 Å². The van der Waals surface area contributed by atoms with Gasteiger partial charge in [-0.1, -0.05) is 42.5 Å². The van der Waals surface area contributed by atoms with Crippen LogP contribution >= 0.6 is 0 Å². The number of carbonyl (C=O) groups excluding carboxylic acids is 2. The molecule has 0 radical (unpaired) electrons. The molecule has 1 atom stereocenters. The van der Waals surface area contributed by atoms with E-state index in [1.54, 1.807) is 75.4 Å². The summed E-state index contributed by atoms with van der Waals surface area (Å²) in [4.78, 5) is 24.7. The van der Waals surface area contributed by atoms with Gasteiger partial charge in [0.25, 0.3) is 5.91 Å². The zero-order valence-corrected chi connectivity index (χ0v) is 20.6. The summed E-state index contributed by atoms with van der Waals surface area (Å²) in [6.45, 7) is 4.90. The Morgan fingerprint density at radius 3 is 2.18 bits per heavy atom. The first-order valence-corrected chi connectivity index (χ1v) is 12.5. The van der Waals surface area contributed by atoms with Crippen LogP contribution in [0.2, 0.25) is 0 Å². The quantitative estimate of drug-likeness (QED) is 0.451. The van der Waals surface area contributed by atoms with Gasteiger partial charge in [-0.15, -0.1) is 0 Å². The Morgan fingerprint density at radius 1 is 1.00 bits per heavy atom. The normalized spacial score (nSPS) is 12.6. The van der Waals surface area contributed by atoms with Crippen molar-refractivity contribution in [2.75, 3.05) is 19.7 Å². The molecule has 0 spiro atoms.